The molecule has 0 unspecified atom stereocenters. The topological polar surface area (TPSA) is 26.3 Å². The summed E-state index contributed by atoms with van der Waals surface area (Å²) in [6.45, 7) is 1.97. The molecule has 0 aromatic carbocycles. The van der Waals surface area contributed by atoms with Crippen LogP contribution in [-0.2, 0) is 4.74 Å². The van der Waals surface area contributed by atoms with Crippen molar-refractivity contribution in [3.63, 3.8) is 0 Å². The predicted octanol–water partition coefficient (Wildman–Crippen LogP) is 3.14. The van der Waals surface area contributed by atoms with E-state index in [9.17, 15) is 4.79 Å². The Kier molecular flexibility index (Phi) is 2.43. The molecule has 0 aliphatic heterocycles. The average molecular weight is 261 g/mol. The van der Waals surface area contributed by atoms with E-state index in [1.165, 1.54) is 11.3 Å². The third-order valence-corrected chi connectivity index (χ3v) is 4.24. The minimum atomic E-state index is -0.188. The average Bonchev–Trinajstić information content (AvgIpc) is 2.82. The Bertz CT molecular complexity index is 341. The highest BCUT2D eigenvalue weighted by Crippen LogP contribution is 2.31. The van der Waals surface area contributed by atoms with Crippen LogP contribution in [0.3, 0.4) is 0 Å². The van der Waals surface area contributed by atoms with E-state index in [-0.39, 0.29) is 12.1 Å². The fraction of sp³-hybridized carbons (Fsp3) is 0.444. The van der Waals surface area contributed by atoms with Gasteiger partial charge in [0.05, 0.1) is 0 Å². The maximum atomic E-state index is 11.5. The van der Waals surface area contributed by atoms with Gasteiger partial charge in [-0.15, -0.1) is 11.3 Å². The molecule has 1 fully saturated rings. The summed E-state index contributed by atoms with van der Waals surface area (Å²) < 4.78 is 6.06. The molecule has 1 aliphatic carbocycles. The molecule has 1 aromatic rings. The van der Waals surface area contributed by atoms with Crippen molar-refractivity contribution in [2.75, 3.05) is 0 Å². The summed E-state index contributed by atoms with van der Waals surface area (Å²) >= 11 is 4.80. The van der Waals surface area contributed by atoms with E-state index in [1.807, 2.05) is 12.3 Å². The highest BCUT2D eigenvalue weighted by Gasteiger charge is 2.28. The normalized spacial score (nSPS) is 15.8. The minimum Gasteiger partial charge on any atom is -0.458 e. The predicted molar refractivity (Wildman–Crippen MR) is 55.2 cm³/mol. The molecule has 2 rings (SSSR count). The lowest BCUT2D eigenvalue weighted by atomic mass is 10.3. The zero-order valence-electron chi connectivity index (χ0n) is 7.17. The summed E-state index contributed by atoms with van der Waals surface area (Å²) in [5, 5.41) is 1.95. The molecule has 1 heterocycles. The van der Waals surface area contributed by atoms with E-state index in [2.05, 4.69) is 15.9 Å². The highest BCUT2D eigenvalue weighted by molar-refractivity contribution is 9.10. The van der Waals surface area contributed by atoms with Gasteiger partial charge in [-0.2, -0.15) is 0 Å². The van der Waals surface area contributed by atoms with Gasteiger partial charge in [-0.1, -0.05) is 0 Å². The fourth-order valence-corrected chi connectivity index (χ4v) is 2.49. The first-order chi connectivity index (χ1) is 6.18. The summed E-state index contributed by atoms with van der Waals surface area (Å²) in [6, 6.07) is 0. The lowest BCUT2D eigenvalue weighted by molar-refractivity contribution is 0.0477. The summed E-state index contributed by atoms with van der Waals surface area (Å²) in [5.41, 5.74) is 1.09. The van der Waals surface area contributed by atoms with Gasteiger partial charge in [0.15, 0.2) is 0 Å². The molecular weight excluding hydrogens is 252 g/mol. The van der Waals surface area contributed by atoms with Gasteiger partial charge in [-0.3, -0.25) is 0 Å². The van der Waals surface area contributed by atoms with Gasteiger partial charge in [0.25, 0.3) is 0 Å². The van der Waals surface area contributed by atoms with Gasteiger partial charge in [0.2, 0.25) is 0 Å². The van der Waals surface area contributed by atoms with E-state index in [4.69, 9.17) is 4.74 Å². The molecule has 0 bridgehead atoms. The third-order valence-electron chi connectivity index (χ3n) is 1.88. The van der Waals surface area contributed by atoms with Crippen molar-refractivity contribution in [2.45, 2.75) is 25.9 Å². The Morgan fingerprint density at radius 2 is 2.38 bits per heavy atom. The van der Waals surface area contributed by atoms with E-state index in [0.717, 1.165) is 22.9 Å². The lowest BCUT2D eigenvalue weighted by Crippen LogP contribution is -2.05. The van der Waals surface area contributed by atoms with Gasteiger partial charge in [0.1, 0.15) is 11.0 Å². The molecule has 0 atom stereocenters. The Morgan fingerprint density at radius 3 is 2.85 bits per heavy atom. The Hall–Kier alpha value is -0.350. The fourth-order valence-electron chi connectivity index (χ4n) is 0.958. The zero-order chi connectivity index (χ0) is 9.42. The van der Waals surface area contributed by atoms with Crippen LogP contribution in [0, 0.1) is 6.92 Å². The molecule has 1 aromatic heterocycles. The van der Waals surface area contributed by atoms with Crippen molar-refractivity contribution in [3.8, 4) is 0 Å². The molecule has 70 valence electrons. The number of esters is 1. The molecule has 0 saturated heterocycles. The standard InChI is InChI=1S/C9H9BrO2S/c1-5-4-13-8(7(5)10)9(11)12-6-2-3-6/h4,6H,2-3H2,1H3. The molecule has 0 spiro atoms. The largest absolute Gasteiger partial charge is 0.458 e. The summed E-state index contributed by atoms with van der Waals surface area (Å²) in [6.07, 6.45) is 2.23. The SMILES string of the molecule is Cc1csc(C(=O)OC2CC2)c1Br. The van der Waals surface area contributed by atoms with Crippen LogP contribution in [0.4, 0.5) is 0 Å². The number of rotatable bonds is 2. The van der Waals surface area contributed by atoms with Crippen LogP contribution in [0.5, 0.6) is 0 Å². The van der Waals surface area contributed by atoms with Crippen molar-refractivity contribution >= 4 is 33.2 Å². The molecule has 0 amide bonds. The van der Waals surface area contributed by atoms with Crippen molar-refractivity contribution in [2.24, 2.45) is 0 Å². The van der Waals surface area contributed by atoms with Crippen LogP contribution >= 0.6 is 27.3 Å². The molecule has 13 heavy (non-hydrogen) atoms. The number of ether oxygens (including phenoxy) is 1. The second-order valence-corrected chi connectivity index (χ2v) is 4.84. The number of hydrogen-bond acceptors (Lipinski definition) is 3. The minimum absolute atomic E-state index is 0.182. The zero-order valence-corrected chi connectivity index (χ0v) is 9.57. The van der Waals surface area contributed by atoms with Crippen LogP contribution < -0.4 is 0 Å². The van der Waals surface area contributed by atoms with Gasteiger partial charge in [-0.25, -0.2) is 4.79 Å². The Balaban J connectivity index is 2.14. The summed E-state index contributed by atoms with van der Waals surface area (Å²) in [5.74, 6) is -0.188. The molecule has 1 saturated carbocycles. The molecule has 0 radical (unpaired) electrons. The smallest absolute Gasteiger partial charge is 0.349 e. The maximum absolute atomic E-state index is 11.5. The van der Waals surface area contributed by atoms with Gasteiger partial charge in [-0.05, 0) is 46.6 Å². The van der Waals surface area contributed by atoms with E-state index < -0.39 is 0 Å². The van der Waals surface area contributed by atoms with E-state index in [0.29, 0.717) is 4.88 Å². The van der Waals surface area contributed by atoms with Crippen LogP contribution in [0.15, 0.2) is 9.85 Å². The van der Waals surface area contributed by atoms with Gasteiger partial charge in [0, 0.05) is 4.47 Å². The van der Waals surface area contributed by atoms with Crippen molar-refractivity contribution in [3.05, 3.63) is 20.3 Å². The maximum Gasteiger partial charge on any atom is 0.349 e. The number of carbonyl (C=O) groups is 1. The number of thiophene rings is 1. The summed E-state index contributed by atoms with van der Waals surface area (Å²) in [7, 11) is 0. The van der Waals surface area contributed by atoms with Crippen LogP contribution in [0.2, 0.25) is 0 Å². The first kappa shape index (κ1) is 9.21. The Morgan fingerprint density at radius 1 is 1.69 bits per heavy atom. The van der Waals surface area contributed by atoms with Crippen LogP contribution in [0.25, 0.3) is 0 Å². The van der Waals surface area contributed by atoms with Crippen LogP contribution in [0.1, 0.15) is 28.1 Å². The summed E-state index contributed by atoms with van der Waals surface area (Å²) in [4.78, 5) is 12.2. The van der Waals surface area contributed by atoms with E-state index in [1.54, 1.807) is 0 Å². The second-order valence-electron chi connectivity index (χ2n) is 3.17. The van der Waals surface area contributed by atoms with Gasteiger partial charge < -0.3 is 4.74 Å². The highest BCUT2D eigenvalue weighted by atomic mass is 79.9. The van der Waals surface area contributed by atoms with Gasteiger partial charge >= 0.3 is 5.97 Å². The number of carbonyl (C=O) groups excluding carboxylic acids is 1. The molecule has 2 nitrogen and oxygen atoms in total. The van der Waals surface area contributed by atoms with Crippen molar-refractivity contribution in [1.82, 2.24) is 0 Å². The number of hydrogen-bond donors (Lipinski definition) is 0. The molecule has 1 aliphatic rings. The third kappa shape index (κ3) is 1.94. The molecule has 4 heteroatoms. The first-order valence-electron chi connectivity index (χ1n) is 4.13. The lowest BCUT2D eigenvalue weighted by Gasteiger charge is -2.00. The molecule has 0 N–H and O–H groups in total. The second kappa shape index (κ2) is 3.42. The first-order valence-corrected chi connectivity index (χ1v) is 5.80. The number of aryl methyl sites for hydroxylation is 1. The quantitative estimate of drug-likeness (QED) is 0.764. The van der Waals surface area contributed by atoms with Crippen molar-refractivity contribution in [1.29, 1.82) is 0 Å². The monoisotopic (exact) mass is 260 g/mol. The Labute approximate surface area is 89.0 Å². The van der Waals surface area contributed by atoms with Crippen molar-refractivity contribution < 1.29 is 9.53 Å². The van der Waals surface area contributed by atoms with Crippen LogP contribution in [-0.4, -0.2) is 12.1 Å². The van der Waals surface area contributed by atoms with E-state index >= 15 is 0 Å². The number of halogens is 1. The molecular formula is C9H9BrO2S.